The normalized spacial score (nSPS) is 10.8. The molecule has 0 unspecified atom stereocenters. The lowest BCUT2D eigenvalue weighted by molar-refractivity contribution is -0.384. The quantitative estimate of drug-likeness (QED) is 0.237. The molecule has 1 heterocycles. The van der Waals surface area contributed by atoms with Crippen LogP contribution in [0.4, 0.5) is 11.6 Å². The number of hydrogen-bond donors (Lipinski definition) is 1. The molecule has 158 valence electrons. The Kier molecular flexibility index (Phi) is 6.68. The first-order valence-electron chi connectivity index (χ1n) is 8.57. The lowest BCUT2D eigenvalue weighted by Gasteiger charge is -2.06. The SMILES string of the molecule is COC(=O)c1c(-c2c(Cl)cccc2Cl)noc1NC(=O)/C=C/c1ccc([N+](=O)[O-])cc1. The summed E-state index contributed by atoms with van der Waals surface area (Å²) >= 11 is 12.4. The predicted molar refractivity (Wildman–Crippen MR) is 114 cm³/mol. The van der Waals surface area contributed by atoms with Crippen molar-refractivity contribution in [1.82, 2.24) is 5.16 Å². The minimum Gasteiger partial charge on any atom is -0.465 e. The van der Waals surface area contributed by atoms with Gasteiger partial charge in [-0.1, -0.05) is 34.4 Å². The first kappa shape index (κ1) is 22.0. The van der Waals surface area contributed by atoms with Gasteiger partial charge in [-0.05, 0) is 35.9 Å². The Hall–Kier alpha value is -3.69. The molecule has 0 atom stereocenters. The molecule has 0 spiro atoms. The van der Waals surface area contributed by atoms with Crippen LogP contribution in [0.2, 0.25) is 10.0 Å². The topological polar surface area (TPSA) is 125 Å². The number of nitrogens with zero attached hydrogens (tertiary/aromatic N) is 2. The molecule has 1 N–H and O–H groups in total. The number of aromatic nitrogens is 1. The summed E-state index contributed by atoms with van der Waals surface area (Å²) in [6.07, 6.45) is 2.59. The van der Waals surface area contributed by atoms with Gasteiger partial charge in [-0.2, -0.15) is 0 Å². The van der Waals surface area contributed by atoms with E-state index in [2.05, 4.69) is 10.5 Å². The fourth-order valence-corrected chi connectivity index (χ4v) is 3.17. The molecule has 9 nitrogen and oxygen atoms in total. The van der Waals surface area contributed by atoms with Gasteiger partial charge in [0.25, 0.3) is 11.6 Å². The van der Waals surface area contributed by atoms with Crippen molar-refractivity contribution in [2.24, 2.45) is 0 Å². The molecule has 0 fully saturated rings. The van der Waals surface area contributed by atoms with E-state index in [0.717, 1.165) is 13.2 Å². The number of methoxy groups -OCH3 is 1. The lowest BCUT2D eigenvalue weighted by Crippen LogP contribution is -2.12. The van der Waals surface area contributed by atoms with Crippen LogP contribution in [0.15, 0.2) is 53.1 Å². The Balaban J connectivity index is 1.87. The number of carbonyl (C=O) groups is 2. The number of hydrogen-bond acceptors (Lipinski definition) is 7. The summed E-state index contributed by atoms with van der Waals surface area (Å²) in [6, 6.07) is 10.3. The minimum atomic E-state index is -0.818. The number of anilines is 1. The molecule has 2 aromatic carbocycles. The van der Waals surface area contributed by atoms with Crippen molar-refractivity contribution >= 4 is 52.7 Å². The van der Waals surface area contributed by atoms with Crippen LogP contribution in [0, 0.1) is 10.1 Å². The molecule has 0 aliphatic carbocycles. The number of esters is 1. The zero-order valence-electron chi connectivity index (χ0n) is 15.8. The standard InChI is InChI=1S/C20H13Cl2N3O6/c1-30-20(27)17-18(16-13(21)3-2-4-14(16)22)24-31-19(17)23-15(26)10-7-11-5-8-12(9-6-11)25(28)29/h2-10H,1H3,(H,23,26)/b10-7+. The van der Waals surface area contributed by atoms with E-state index in [0.29, 0.717) is 5.56 Å². The first-order chi connectivity index (χ1) is 14.8. The van der Waals surface area contributed by atoms with E-state index in [9.17, 15) is 19.7 Å². The molecule has 31 heavy (non-hydrogen) atoms. The summed E-state index contributed by atoms with van der Waals surface area (Å²) in [5.74, 6) is -1.71. The maximum atomic E-state index is 12.3. The third kappa shape index (κ3) is 4.90. The van der Waals surface area contributed by atoms with E-state index in [1.165, 1.54) is 30.3 Å². The third-order valence-electron chi connectivity index (χ3n) is 4.05. The fourth-order valence-electron chi connectivity index (χ4n) is 2.59. The molecule has 0 bridgehead atoms. The fraction of sp³-hybridized carbons (Fsp3) is 0.0500. The van der Waals surface area contributed by atoms with E-state index < -0.39 is 16.8 Å². The van der Waals surface area contributed by atoms with E-state index in [1.807, 2.05) is 0 Å². The molecule has 3 aromatic rings. The number of ether oxygens (including phenoxy) is 1. The molecule has 0 radical (unpaired) electrons. The minimum absolute atomic E-state index is 0.0112. The van der Waals surface area contributed by atoms with Crippen molar-refractivity contribution in [2.75, 3.05) is 12.4 Å². The highest BCUT2D eigenvalue weighted by Crippen LogP contribution is 2.38. The second kappa shape index (κ2) is 9.41. The molecular formula is C20H13Cl2N3O6. The molecule has 0 saturated carbocycles. The van der Waals surface area contributed by atoms with Gasteiger partial charge in [0.1, 0.15) is 5.69 Å². The molecule has 1 amide bonds. The second-order valence-electron chi connectivity index (χ2n) is 5.99. The third-order valence-corrected chi connectivity index (χ3v) is 4.68. The van der Waals surface area contributed by atoms with Crippen LogP contribution in [0.1, 0.15) is 15.9 Å². The molecule has 0 aliphatic rings. The predicted octanol–water partition coefficient (Wildman–Crippen LogP) is 5.00. The Morgan fingerprint density at radius 2 is 1.81 bits per heavy atom. The van der Waals surface area contributed by atoms with Crippen molar-refractivity contribution in [3.8, 4) is 11.3 Å². The van der Waals surface area contributed by atoms with Crippen LogP contribution < -0.4 is 5.32 Å². The Morgan fingerprint density at radius 3 is 2.39 bits per heavy atom. The van der Waals surface area contributed by atoms with Crippen molar-refractivity contribution in [2.45, 2.75) is 0 Å². The number of nitro groups is 1. The number of nitro benzene ring substituents is 1. The maximum Gasteiger partial charge on any atom is 0.345 e. The van der Waals surface area contributed by atoms with Crippen LogP contribution in [-0.4, -0.2) is 29.1 Å². The molecule has 1 aromatic heterocycles. The Morgan fingerprint density at radius 1 is 1.16 bits per heavy atom. The highest BCUT2D eigenvalue weighted by Gasteiger charge is 2.28. The monoisotopic (exact) mass is 461 g/mol. The summed E-state index contributed by atoms with van der Waals surface area (Å²) < 4.78 is 9.91. The first-order valence-corrected chi connectivity index (χ1v) is 9.33. The summed E-state index contributed by atoms with van der Waals surface area (Å²) in [5, 5.41) is 17.4. The van der Waals surface area contributed by atoms with Crippen molar-refractivity contribution in [3.63, 3.8) is 0 Å². The maximum absolute atomic E-state index is 12.3. The van der Waals surface area contributed by atoms with Gasteiger partial charge in [-0.3, -0.25) is 20.2 Å². The van der Waals surface area contributed by atoms with Crippen LogP contribution in [0.3, 0.4) is 0 Å². The molecule has 11 heteroatoms. The lowest BCUT2D eigenvalue weighted by atomic mass is 10.1. The van der Waals surface area contributed by atoms with Crippen LogP contribution >= 0.6 is 23.2 Å². The van der Waals surface area contributed by atoms with Gasteiger partial charge >= 0.3 is 5.97 Å². The molecular weight excluding hydrogens is 449 g/mol. The Bertz CT molecular complexity index is 1170. The van der Waals surface area contributed by atoms with Gasteiger partial charge in [0, 0.05) is 23.8 Å². The second-order valence-corrected chi connectivity index (χ2v) is 6.81. The van der Waals surface area contributed by atoms with Gasteiger partial charge in [0.05, 0.1) is 22.1 Å². The number of carbonyl (C=O) groups excluding carboxylic acids is 2. The van der Waals surface area contributed by atoms with Gasteiger partial charge in [-0.25, -0.2) is 4.79 Å². The largest absolute Gasteiger partial charge is 0.465 e. The van der Waals surface area contributed by atoms with E-state index in [-0.39, 0.29) is 38.4 Å². The zero-order chi connectivity index (χ0) is 22.5. The number of amides is 1. The molecule has 3 rings (SSSR count). The Labute approximate surface area is 185 Å². The smallest absolute Gasteiger partial charge is 0.345 e. The molecule has 0 aliphatic heterocycles. The van der Waals surface area contributed by atoms with Crippen molar-refractivity contribution < 1.29 is 23.8 Å². The summed E-state index contributed by atoms with van der Waals surface area (Å²) in [7, 11) is 1.16. The highest BCUT2D eigenvalue weighted by molar-refractivity contribution is 6.39. The average Bonchev–Trinajstić information content (AvgIpc) is 3.14. The summed E-state index contributed by atoms with van der Waals surface area (Å²) in [4.78, 5) is 34.8. The van der Waals surface area contributed by atoms with Gasteiger partial charge < -0.3 is 9.26 Å². The van der Waals surface area contributed by atoms with Crippen LogP contribution in [-0.2, 0) is 9.53 Å². The number of nitrogens with one attached hydrogen (secondary N) is 1. The number of rotatable bonds is 6. The highest BCUT2D eigenvalue weighted by atomic mass is 35.5. The van der Waals surface area contributed by atoms with E-state index >= 15 is 0 Å². The molecule has 0 saturated heterocycles. The zero-order valence-corrected chi connectivity index (χ0v) is 17.3. The van der Waals surface area contributed by atoms with Gasteiger partial charge in [0.15, 0.2) is 5.56 Å². The van der Waals surface area contributed by atoms with Gasteiger partial charge in [0.2, 0.25) is 5.88 Å². The summed E-state index contributed by atoms with van der Waals surface area (Å²) in [6.45, 7) is 0. The van der Waals surface area contributed by atoms with Crippen molar-refractivity contribution in [1.29, 1.82) is 0 Å². The van der Waals surface area contributed by atoms with Gasteiger partial charge in [-0.15, -0.1) is 0 Å². The average molecular weight is 462 g/mol. The number of non-ortho nitro benzene ring substituents is 1. The summed E-state index contributed by atoms with van der Waals surface area (Å²) in [5.41, 5.74) is 0.579. The number of benzene rings is 2. The van der Waals surface area contributed by atoms with Crippen LogP contribution in [0.5, 0.6) is 0 Å². The van der Waals surface area contributed by atoms with Crippen molar-refractivity contribution in [3.05, 3.63) is 79.8 Å². The van der Waals surface area contributed by atoms with E-state index in [4.69, 9.17) is 32.5 Å². The van der Waals surface area contributed by atoms with E-state index in [1.54, 1.807) is 18.2 Å². The van der Waals surface area contributed by atoms with Crippen LogP contribution in [0.25, 0.3) is 17.3 Å². The number of halogens is 2.